The highest BCUT2D eigenvalue weighted by atomic mass is 32.2. The minimum absolute atomic E-state index is 0.0334. The second-order valence-electron chi connectivity index (χ2n) is 6.88. The van der Waals surface area contributed by atoms with E-state index in [-0.39, 0.29) is 23.0 Å². The Kier molecular flexibility index (Phi) is 4.61. The molecule has 25 heavy (non-hydrogen) atoms. The standard InChI is InChI=1S/C19H22N4OS/c1-12(2)19(10-17(24)23(3)18(21)22-19)16-8-7-15(25-16)14-6-4-5-13(9-14)11-20/h4-6,8-9,12,15H,7,10H2,1-3H3,(H2,21,22). The predicted molar refractivity (Wildman–Crippen MR) is 100 cm³/mol. The average Bonchev–Trinajstić information content (AvgIpc) is 3.09. The summed E-state index contributed by atoms with van der Waals surface area (Å²) in [5.41, 5.74) is 1.27. The molecule has 1 amide bonds. The fourth-order valence-corrected chi connectivity index (χ4v) is 4.91. The first-order valence-electron chi connectivity index (χ1n) is 8.38. The molecule has 2 aliphatic heterocycles. The van der Waals surface area contributed by atoms with Crippen molar-refractivity contribution in [3.63, 3.8) is 0 Å². The monoisotopic (exact) mass is 354 g/mol. The van der Waals surface area contributed by atoms with Gasteiger partial charge in [0.15, 0.2) is 5.96 Å². The van der Waals surface area contributed by atoms with Gasteiger partial charge >= 0.3 is 0 Å². The van der Waals surface area contributed by atoms with Crippen molar-refractivity contribution in [1.82, 2.24) is 10.2 Å². The van der Waals surface area contributed by atoms with Crippen LogP contribution < -0.4 is 5.32 Å². The molecule has 0 saturated carbocycles. The van der Waals surface area contributed by atoms with Crippen molar-refractivity contribution in [2.24, 2.45) is 5.92 Å². The molecule has 2 unspecified atom stereocenters. The zero-order chi connectivity index (χ0) is 18.2. The van der Waals surface area contributed by atoms with E-state index >= 15 is 0 Å². The topological polar surface area (TPSA) is 80.0 Å². The van der Waals surface area contributed by atoms with Gasteiger partial charge in [0.25, 0.3) is 0 Å². The third-order valence-corrected chi connectivity index (χ3v) is 6.61. The first kappa shape index (κ1) is 17.6. The minimum Gasteiger partial charge on any atom is -0.345 e. The van der Waals surface area contributed by atoms with Gasteiger partial charge in [-0.15, -0.1) is 11.8 Å². The summed E-state index contributed by atoms with van der Waals surface area (Å²) in [6.45, 7) is 4.17. The van der Waals surface area contributed by atoms with Crippen molar-refractivity contribution in [2.75, 3.05) is 7.05 Å². The van der Waals surface area contributed by atoms with Gasteiger partial charge in [-0.05, 0) is 30.0 Å². The Morgan fingerprint density at radius 3 is 2.88 bits per heavy atom. The maximum Gasteiger partial charge on any atom is 0.231 e. The largest absolute Gasteiger partial charge is 0.345 e. The van der Waals surface area contributed by atoms with Gasteiger partial charge in [-0.3, -0.25) is 15.1 Å². The molecule has 2 atom stereocenters. The Labute approximate surface area is 152 Å². The summed E-state index contributed by atoms with van der Waals surface area (Å²) >= 11 is 1.74. The van der Waals surface area contributed by atoms with Crippen LogP contribution in [0.5, 0.6) is 0 Å². The van der Waals surface area contributed by atoms with E-state index in [1.165, 1.54) is 4.90 Å². The molecule has 0 bridgehead atoms. The molecule has 0 aliphatic carbocycles. The van der Waals surface area contributed by atoms with Crippen LogP contribution >= 0.6 is 11.8 Å². The maximum absolute atomic E-state index is 12.4. The predicted octanol–water partition coefficient (Wildman–Crippen LogP) is 3.40. The molecule has 1 aromatic rings. The Balaban J connectivity index is 1.86. The third-order valence-electron chi connectivity index (χ3n) is 5.08. The highest BCUT2D eigenvalue weighted by Gasteiger charge is 2.47. The van der Waals surface area contributed by atoms with Gasteiger partial charge in [-0.25, -0.2) is 0 Å². The highest BCUT2D eigenvalue weighted by molar-refractivity contribution is 8.03. The van der Waals surface area contributed by atoms with Gasteiger partial charge in [0.1, 0.15) is 0 Å². The van der Waals surface area contributed by atoms with E-state index in [1.807, 2.05) is 24.3 Å². The summed E-state index contributed by atoms with van der Waals surface area (Å²) in [6.07, 6.45) is 3.41. The smallest absolute Gasteiger partial charge is 0.231 e. The summed E-state index contributed by atoms with van der Waals surface area (Å²) in [4.78, 5) is 14.9. The highest BCUT2D eigenvalue weighted by Crippen LogP contribution is 2.51. The lowest BCUT2D eigenvalue weighted by atomic mass is 9.80. The molecule has 1 saturated heterocycles. The number of nitrogens with one attached hydrogen (secondary N) is 2. The third kappa shape index (κ3) is 3.05. The molecule has 1 aromatic carbocycles. The summed E-state index contributed by atoms with van der Waals surface area (Å²) in [5.74, 6) is 0.295. The zero-order valence-corrected chi connectivity index (χ0v) is 15.5. The SMILES string of the molecule is CC(C)C1(C2=CCC(c3cccc(C#N)c3)S2)CC(=O)N(C)C(=N)N1. The zero-order valence-electron chi connectivity index (χ0n) is 14.7. The molecule has 0 radical (unpaired) electrons. The number of allylic oxidation sites excluding steroid dienone is 1. The average molecular weight is 354 g/mol. The molecule has 130 valence electrons. The molecule has 0 aromatic heterocycles. The van der Waals surface area contributed by atoms with E-state index < -0.39 is 5.54 Å². The minimum atomic E-state index is -0.521. The maximum atomic E-state index is 12.4. The summed E-state index contributed by atoms with van der Waals surface area (Å²) in [7, 11) is 1.63. The van der Waals surface area contributed by atoms with Gasteiger partial charge in [0.05, 0.1) is 23.6 Å². The molecule has 0 spiro atoms. The van der Waals surface area contributed by atoms with Crippen molar-refractivity contribution in [1.29, 1.82) is 10.7 Å². The van der Waals surface area contributed by atoms with Crippen LogP contribution in [0.3, 0.4) is 0 Å². The number of nitriles is 1. The van der Waals surface area contributed by atoms with E-state index in [0.29, 0.717) is 12.0 Å². The van der Waals surface area contributed by atoms with Crippen LogP contribution in [0.1, 0.15) is 43.1 Å². The molecule has 3 rings (SSSR count). The molecular formula is C19H22N4OS. The van der Waals surface area contributed by atoms with Crippen LogP contribution in [-0.2, 0) is 4.79 Å². The number of guanidine groups is 1. The van der Waals surface area contributed by atoms with Gasteiger partial charge in [0, 0.05) is 17.2 Å². The van der Waals surface area contributed by atoms with Gasteiger partial charge in [-0.2, -0.15) is 5.26 Å². The summed E-state index contributed by atoms with van der Waals surface area (Å²) < 4.78 is 0. The number of hydrogen-bond donors (Lipinski definition) is 2. The Bertz CT molecular complexity index is 775. The quantitative estimate of drug-likeness (QED) is 0.872. The number of hydrogen-bond acceptors (Lipinski definition) is 4. The van der Waals surface area contributed by atoms with Crippen LogP contribution in [0, 0.1) is 22.7 Å². The van der Waals surface area contributed by atoms with E-state index in [1.54, 1.807) is 18.8 Å². The Morgan fingerprint density at radius 2 is 2.24 bits per heavy atom. The molecule has 2 aliphatic rings. The molecule has 1 fully saturated rings. The summed E-state index contributed by atoms with van der Waals surface area (Å²) in [5, 5.41) is 20.8. The number of nitrogens with zero attached hydrogens (tertiary/aromatic N) is 2. The number of amides is 1. The van der Waals surface area contributed by atoms with E-state index in [2.05, 4.69) is 31.3 Å². The number of carbonyl (C=O) groups excluding carboxylic acids is 1. The van der Waals surface area contributed by atoms with Crippen LogP contribution in [-0.4, -0.2) is 29.4 Å². The lowest BCUT2D eigenvalue weighted by Gasteiger charge is -2.45. The Hall–Kier alpha value is -2.26. The lowest BCUT2D eigenvalue weighted by Crippen LogP contribution is -2.64. The lowest BCUT2D eigenvalue weighted by molar-refractivity contribution is -0.129. The fourth-order valence-electron chi connectivity index (χ4n) is 3.37. The number of rotatable bonds is 3. The van der Waals surface area contributed by atoms with E-state index in [4.69, 9.17) is 10.7 Å². The molecule has 2 heterocycles. The van der Waals surface area contributed by atoms with Gasteiger partial charge in [0.2, 0.25) is 5.91 Å². The molecule has 2 N–H and O–H groups in total. The van der Waals surface area contributed by atoms with Crippen molar-refractivity contribution in [3.05, 3.63) is 46.4 Å². The first-order chi connectivity index (χ1) is 11.9. The van der Waals surface area contributed by atoms with Crippen molar-refractivity contribution in [3.8, 4) is 6.07 Å². The second kappa shape index (κ2) is 6.57. The van der Waals surface area contributed by atoms with Crippen LogP contribution in [0.25, 0.3) is 0 Å². The van der Waals surface area contributed by atoms with E-state index in [9.17, 15) is 4.79 Å². The van der Waals surface area contributed by atoms with E-state index in [0.717, 1.165) is 16.9 Å². The van der Waals surface area contributed by atoms with Gasteiger partial charge < -0.3 is 5.32 Å². The number of thioether (sulfide) groups is 1. The van der Waals surface area contributed by atoms with Crippen molar-refractivity contribution in [2.45, 2.75) is 37.5 Å². The normalized spacial score (nSPS) is 26.4. The van der Waals surface area contributed by atoms with Crippen LogP contribution in [0.4, 0.5) is 0 Å². The molecule has 5 nitrogen and oxygen atoms in total. The van der Waals surface area contributed by atoms with Crippen LogP contribution in [0.15, 0.2) is 35.2 Å². The van der Waals surface area contributed by atoms with Crippen molar-refractivity contribution < 1.29 is 4.79 Å². The number of benzene rings is 1. The molecule has 6 heteroatoms. The fraction of sp³-hybridized carbons (Fsp3) is 0.421. The van der Waals surface area contributed by atoms with Crippen LogP contribution in [0.2, 0.25) is 0 Å². The number of carbonyl (C=O) groups is 1. The first-order valence-corrected chi connectivity index (χ1v) is 9.26. The van der Waals surface area contributed by atoms with Crippen molar-refractivity contribution >= 4 is 23.6 Å². The summed E-state index contributed by atoms with van der Waals surface area (Å²) in [6, 6.07) is 9.90. The Morgan fingerprint density at radius 1 is 1.48 bits per heavy atom. The van der Waals surface area contributed by atoms with Gasteiger partial charge in [-0.1, -0.05) is 32.1 Å². The molecular weight excluding hydrogens is 332 g/mol. The second-order valence-corrected chi connectivity index (χ2v) is 8.12.